The first-order chi connectivity index (χ1) is 14.1. The van der Waals surface area contributed by atoms with E-state index in [9.17, 15) is 18.0 Å². The number of halogens is 3. The van der Waals surface area contributed by atoms with Gasteiger partial charge in [-0.2, -0.15) is 4.31 Å². The molecule has 3 rings (SSSR count). The molecule has 30 heavy (non-hydrogen) atoms. The molecule has 1 saturated heterocycles. The van der Waals surface area contributed by atoms with Crippen molar-refractivity contribution >= 4 is 73.3 Å². The Bertz CT molecular complexity index is 1090. The van der Waals surface area contributed by atoms with Gasteiger partial charge in [0.15, 0.2) is 0 Å². The molecule has 2 aromatic carbocycles. The van der Waals surface area contributed by atoms with E-state index in [4.69, 9.17) is 23.2 Å². The van der Waals surface area contributed by atoms with Crippen molar-refractivity contribution in [1.29, 1.82) is 0 Å². The molecule has 0 radical (unpaired) electrons. The van der Waals surface area contributed by atoms with Gasteiger partial charge >= 0.3 is 0 Å². The number of carbonyl (C=O) groups excluding carboxylic acids is 2. The highest BCUT2D eigenvalue weighted by Crippen LogP contribution is 2.34. The highest BCUT2D eigenvalue weighted by atomic mass is 127. The van der Waals surface area contributed by atoms with Crippen LogP contribution in [-0.2, 0) is 19.6 Å². The number of imide groups is 1. The highest BCUT2D eigenvalue weighted by Gasteiger charge is 2.48. The third-order valence-corrected chi connectivity index (χ3v) is 8.45. The molecule has 2 aromatic rings. The number of carbonyl (C=O) groups is 2. The number of anilines is 1. The first-order valence-corrected chi connectivity index (χ1v) is 12.5. The van der Waals surface area contributed by atoms with E-state index in [2.05, 4.69) is 22.6 Å². The van der Waals surface area contributed by atoms with Crippen molar-refractivity contribution in [3.05, 3.63) is 56.1 Å². The average molecular weight is 581 g/mol. The van der Waals surface area contributed by atoms with E-state index in [1.165, 1.54) is 18.2 Å². The lowest BCUT2D eigenvalue weighted by molar-refractivity contribution is -0.122. The second kappa shape index (κ2) is 9.12. The summed E-state index contributed by atoms with van der Waals surface area (Å²) in [6, 6.07) is 9.32. The molecule has 1 heterocycles. The average Bonchev–Trinajstić information content (AvgIpc) is 2.98. The normalized spacial score (nSPS) is 18.3. The molecular weight excluding hydrogens is 562 g/mol. The molecule has 10 heteroatoms. The smallest absolute Gasteiger partial charge is 0.252 e. The van der Waals surface area contributed by atoms with Gasteiger partial charge < -0.3 is 0 Å². The van der Waals surface area contributed by atoms with Crippen LogP contribution in [0.25, 0.3) is 0 Å². The molecule has 160 valence electrons. The first kappa shape index (κ1) is 23.5. The Morgan fingerprint density at radius 3 is 2.40 bits per heavy atom. The first-order valence-electron chi connectivity index (χ1n) is 9.19. The Labute approximate surface area is 199 Å². The van der Waals surface area contributed by atoms with E-state index >= 15 is 0 Å². The minimum atomic E-state index is -4.20. The lowest BCUT2D eigenvalue weighted by atomic mass is 10.2. The number of sulfonamides is 1. The SMILES string of the molecule is CCC(C)N(C1CC(=O)N(c2ccc(I)cc2)C1=O)S(=O)(=O)c1cc(Cl)ccc1Cl. The quantitative estimate of drug-likeness (QED) is 0.366. The van der Waals surface area contributed by atoms with Crippen LogP contribution in [0.15, 0.2) is 47.4 Å². The van der Waals surface area contributed by atoms with E-state index < -0.39 is 33.9 Å². The number of rotatable bonds is 6. The maximum Gasteiger partial charge on any atom is 0.252 e. The molecule has 0 spiro atoms. The fourth-order valence-electron chi connectivity index (χ4n) is 3.36. The van der Waals surface area contributed by atoms with Crippen molar-refractivity contribution < 1.29 is 18.0 Å². The Morgan fingerprint density at radius 1 is 1.17 bits per heavy atom. The molecule has 1 fully saturated rings. The van der Waals surface area contributed by atoms with Crippen LogP contribution in [0.5, 0.6) is 0 Å². The van der Waals surface area contributed by atoms with Crippen LogP contribution in [-0.4, -0.2) is 36.6 Å². The van der Waals surface area contributed by atoms with Gasteiger partial charge in [-0.25, -0.2) is 13.3 Å². The van der Waals surface area contributed by atoms with Crippen LogP contribution in [0.2, 0.25) is 10.0 Å². The second-order valence-electron chi connectivity index (χ2n) is 6.93. The summed E-state index contributed by atoms with van der Waals surface area (Å²) in [6.45, 7) is 3.51. The maximum atomic E-state index is 13.5. The molecule has 0 aliphatic carbocycles. The standard InChI is InChI=1S/C20H19Cl2IN2O4S/c1-3-12(2)25(30(28,29)18-10-13(21)4-9-16(18)22)17-11-19(26)24(20(17)27)15-7-5-14(23)6-8-15/h4-10,12,17H,3,11H2,1-2H3. The van der Waals surface area contributed by atoms with Crippen LogP contribution in [0, 0.1) is 3.57 Å². The summed E-state index contributed by atoms with van der Waals surface area (Å²) in [5, 5.41) is 0.204. The second-order valence-corrected chi connectivity index (χ2v) is 10.8. The predicted octanol–water partition coefficient (Wildman–Crippen LogP) is 4.72. The van der Waals surface area contributed by atoms with Gasteiger partial charge in [-0.1, -0.05) is 30.1 Å². The van der Waals surface area contributed by atoms with Crippen molar-refractivity contribution in [1.82, 2.24) is 4.31 Å². The Kier molecular flexibility index (Phi) is 7.13. The summed E-state index contributed by atoms with van der Waals surface area (Å²) in [5.74, 6) is -1.03. The summed E-state index contributed by atoms with van der Waals surface area (Å²) in [4.78, 5) is 26.8. The number of nitrogens with zero attached hydrogens (tertiary/aromatic N) is 2. The topological polar surface area (TPSA) is 74.8 Å². The van der Waals surface area contributed by atoms with E-state index in [0.717, 1.165) is 12.8 Å². The van der Waals surface area contributed by atoms with Gasteiger partial charge in [-0.05, 0) is 78.4 Å². The van der Waals surface area contributed by atoms with Crippen LogP contribution < -0.4 is 4.90 Å². The zero-order chi connectivity index (χ0) is 22.2. The minimum Gasteiger partial charge on any atom is -0.274 e. The van der Waals surface area contributed by atoms with Crippen molar-refractivity contribution in [2.24, 2.45) is 0 Å². The number of amides is 2. The molecule has 2 amide bonds. The number of hydrogen-bond donors (Lipinski definition) is 0. The molecule has 6 nitrogen and oxygen atoms in total. The van der Waals surface area contributed by atoms with E-state index in [1.54, 1.807) is 31.2 Å². The molecular formula is C20H19Cl2IN2O4S. The largest absolute Gasteiger partial charge is 0.274 e. The summed E-state index contributed by atoms with van der Waals surface area (Å²) in [5.41, 5.74) is 0.412. The van der Waals surface area contributed by atoms with Gasteiger partial charge in [-0.15, -0.1) is 0 Å². The molecule has 0 saturated carbocycles. The molecule has 2 unspecified atom stereocenters. The van der Waals surface area contributed by atoms with E-state index in [0.29, 0.717) is 12.1 Å². The molecule has 2 atom stereocenters. The van der Waals surface area contributed by atoms with Gasteiger partial charge in [0.05, 0.1) is 17.1 Å². The van der Waals surface area contributed by atoms with Crippen LogP contribution in [0.4, 0.5) is 5.69 Å². The zero-order valence-corrected chi connectivity index (χ0v) is 20.7. The fourth-order valence-corrected chi connectivity index (χ4v) is 6.30. The van der Waals surface area contributed by atoms with Gasteiger partial charge in [0.1, 0.15) is 10.9 Å². The van der Waals surface area contributed by atoms with Crippen molar-refractivity contribution in [3.63, 3.8) is 0 Å². The van der Waals surface area contributed by atoms with Crippen molar-refractivity contribution in [2.75, 3.05) is 4.90 Å². The summed E-state index contributed by atoms with van der Waals surface area (Å²) in [6.07, 6.45) is 0.200. The maximum absolute atomic E-state index is 13.5. The Morgan fingerprint density at radius 2 is 1.80 bits per heavy atom. The fraction of sp³-hybridized carbons (Fsp3) is 0.300. The van der Waals surface area contributed by atoms with Crippen molar-refractivity contribution in [2.45, 2.75) is 43.7 Å². The molecule has 1 aliphatic heterocycles. The minimum absolute atomic E-state index is 0.000957. The van der Waals surface area contributed by atoms with Gasteiger partial charge in [0, 0.05) is 14.6 Å². The zero-order valence-electron chi connectivity index (χ0n) is 16.2. The number of hydrogen-bond acceptors (Lipinski definition) is 4. The van der Waals surface area contributed by atoms with Crippen molar-refractivity contribution in [3.8, 4) is 0 Å². The Balaban J connectivity index is 2.06. The molecule has 0 aromatic heterocycles. The lowest BCUT2D eigenvalue weighted by Gasteiger charge is -2.32. The molecule has 1 aliphatic rings. The summed E-state index contributed by atoms with van der Waals surface area (Å²) in [7, 11) is -4.20. The van der Waals surface area contributed by atoms with E-state index in [1.807, 2.05) is 6.92 Å². The summed E-state index contributed by atoms with van der Waals surface area (Å²) >= 11 is 14.3. The summed E-state index contributed by atoms with van der Waals surface area (Å²) < 4.78 is 29.1. The van der Waals surface area contributed by atoms with E-state index in [-0.39, 0.29) is 21.4 Å². The highest BCUT2D eigenvalue weighted by molar-refractivity contribution is 14.1. The van der Waals surface area contributed by atoms with Gasteiger partial charge in [0.25, 0.3) is 5.91 Å². The third-order valence-electron chi connectivity index (χ3n) is 4.99. The molecule has 0 N–H and O–H groups in total. The van der Waals surface area contributed by atoms with Crippen LogP contribution in [0.3, 0.4) is 0 Å². The van der Waals surface area contributed by atoms with Crippen LogP contribution in [0.1, 0.15) is 26.7 Å². The number of benzene rings is 2. The Hall–Kier alpha value is -1.20. The predicted molar refractivity (Wildman–Crippen MR) is 125 cm³/mol. The van der Waals surface area contributed by atoms with Gasteiger partial charge in [0.2, 0.25) is 15.9 Å². The lowest BCUT2D eigenvalue weighted by Crippen LogP contribution is -2.49. The van der Waals surface area contributed by atoms with Crippen LogP contribution >= 0.6 is 45.8 Å². The molecule has 0 bridgehead atoms. The van der Waals surface area contributed by atoms with Gasteiger partial charge in [-0.3, -0.25) is 9.59 Å². The monoisotopic (exact) mass is 580 g/mol. The third kappa shape index (κ3) is 4.38.